The summed E-state index contributed by atoms with van der Waals surface area (Å²) in [4.78, 5) is 14.7. The highest BCUT2D eigenvalue weighted by atomic mass is 19.2. The maximum absolute atomic E-state index is 15.6. The van der Waals surface area contributed by atoms with Gasteiger partial charge in [-0.3, -0.25) is 9.69 Å². The molecule has 1 aliphatic carbocycles. The van der Waals surface area contributed by atoms with Gasteiger partial charge >= 0.3 is 0 Å². The third-order valence-corrected chi connectivity index (χ3v) is 6.56. The lowest BCUT2D eigenvalue weighted by Crippen LogP contribution is -2.43. The van der Waals surface area contributed by atoms with Crippen LogP contribution in [0.4, 0.5) is 17.6 Å². The summed E-state index contributed by atoms with van der Waals surface area (Å²) in [7, 11) is 3.02. The number of carbonyl (C=O) groups is 1. The third kappa shape index (κ3) is 4.33. The summed E-state index contributed by atoms with van der Waals surface area (Å²) in [6, 6.07) is 4.80. The second-order valence-electron chi connectivity index (χ2n) is 8.62. The molecule has 2 aliphatic rings. The number of methoxy groups -OCH3 is 2. The van der Waals surface area contributed by atoms with Crippen LogP contribution in [0.15, 0.2) is 24.3 Å². The minimum absolute atomic E-state index is 0.0413. The van der Waals surface area contributed by atoms with E-state index in [9.17, 15) is 18.0 Å². The number of halogens is 4. The number of Topliss-reactive ketones (excluding diaryl/α,β-unsaturated/α-hetero) is 1. The summed E-state index contributed by atoms with van der Waals surface area (Å²) in [5.41, 5.74) is -0.103. The van der Waals surface area contributed by atoms with Gasteiger partial charge in [0.1, 0.15) is 11.5 Å². The lowest BCUT2D eigenvalue weighted by Gasteiger charge is -2.37. The van der Waals surface area contributed by atoms with Gasteiger partial charge in [-0.15, -0.1) is 0 Å². The number of hydrogen-bond donors (Lipinski definition) is 0. The Kier molecular flexibility index (Phi) is 6.16. The largest absolute Gasteiger partial charge is 0.493 e. The van der Waals surface area contributed by atoms with Crippen molar-refractivity contribution in [3.05, 3.63) is 58.4 Å². The molecule has 2 aromatic carbocycles. The normalized spacial score (nSPS) is 20.3. The quantitative estimate of drug-likeness (QED) is 0.464. The van der Waals surface area contributed by atoms with E-state index in [4.69, 9.17) is 9.47 Å². The molecule has 1 aliphatic heterocycles. The van der Waals surface area contributed by atoms with E-state index in [-0.39, 0.29) is 37.2 Å². The van der Waals surface area contributed by atoms with E-state index >= 15 is 4.39 Å². The number of hydrogen-bond acceptors (Lipinski definition) is 4. The van der Waals surface area contributed by atoms with Crippen molar-refractivity contribution in [3.8, 4) is 11.5 Å². The molecule has 0 saturated carbocycles. The van der Waals surface area contributed by atoms with Crippen LogP contribution in [-0.4, -0.2) is 43.7 Å². The van der Waals surface area contributed by atoms with Gasteiger partial charge in [-0.05, 0) is 49.4 Å². The lowest BCUT2D eigenvalue weighted by atomic mass is 9.82. The average Bonchev–Trinajstić information content (AvgIpc) is 3.06. The van der Waals surface area contributed by atoms with Crippen LogP contribution in [0.3, 0.4) is 0 Å². The predicted molar refractivity (Wildman–Crippen MR) is 110 cm³/mol. The first-order valence-corrected chi connectivity index (χ1v) is 10.6. The topological polar surface area (TPSA) is 38.8 Å². The summed E-state index contributed by atoms with van der Waals surface area (Å²) in [5, 5.41) is 0. The molecule has 4 rings (SSSR count). The van der Waals surface area contributed by atoms with Gasteiger partial charge in [0.2, 0.25) is 0 Å². The smallest absolute Gasteiger partial charge is 0.166 e. The Bertz CT molecular complexity index is 1030. The van der Waals surface area contributed by atoms with Crippen LogP contribution in [0.2, 0.25) is 0 Å². The van der Waals surface area contributed by atoms with E-state index in [1.165, 1.54) is 14.2 Å². The fourth-order valence-electron chi connectivity index (χ4n) is 4.75. The van der Waals surface area contributed by atoms with Crippen LogP contribution in [-0.2, 0) is 13.0 Å². The van der Waals surface area contributed by atoms with Crippen LogP contribution >= 0.6 is 0 Å². The Balaban J connectivity index is 1.39. The Labute approximate surface area is 184 Å². The molecule has 0 radical (unpaired) electrons. The van der Waals surface area contributed by atoms with E-state index in [2.05, 4.69) is 0 Å². The van der Waals surface area contributed by atoms with Crippen molar-refractivity contribution >= 4 is 5.78 Å². The molecule has 1 atom stereocenters. The molecule has 32 heavy (non-hydrogen) atoms. The van der Waals surface area contributed by atoms with Gasteiger partial charge in [-0.2, -0.15) is 0 Å². The summed E-state index contributed by atoms with van der Waals surface area (Å²) < 4.78 is 66.7. The lowest BCUT2D eigenvalue weighted by molar-refractivity contribution is 0.0333. The van der Waals surface area contributed by atoms with Crippen LogP contribution in [0.5, 0.6) is 11.5 Å². The number of rotatable bonds is 6. The Morgan fingerprint density at radius 1 is 0.969 bits per heavy atom. The number of fused-ring (bicyclic) bond motifs is 1. The molecule has 0 amide bonds. The molecule has 1 unspecified atom stereocenters. The van der Waals surface area contributed by atoms with Crippen molar-refractivity contribution in [1.29, 1.82) is 0 Å². The highest BCUT2D eigenvalue weighted by Crippen LogP contribution is 2.42. The molecule has 0 bridgehead atoms. The number of nitrogens with zero attached hydrogens (tertiary/aromatic N) is 1. The Hall–Kier alpha value is -2.61. The van der Waals surface area contributed by atoms with E-state index in [1.54, 1.807) is 12.1 Å². The summed E-state index contributed by atoms with van der Waals surface area (Å²) in [6.45, 7) is 0.751. The average molecular weight is 451 g/mol. The number of carbonyl (C=O) groups excluding carboxylic acids is 1. The van der Waals surface area contributed by atoms with Gasteiger partial charge in [0.25, 0.3) is 0 Å². The standard InChI is InChI=1S/C24H25F4NO3/c1-31-21-9-14-7-15(23(30)17(14)10-22(21)32-2)12-24(28)3-5-29(6-4-24)13-16-8-19(26)20(27)11-18(16)25/h8-11,15H,3-7,12-13H2,1-2H3. The minimum Gasteiger partial charge on any atom is -0.493 e. The molecule has 1 fully saturated rings. The summed E-state index contributed by atoms with van der Waals surface area (Å²) in [6.07, 6.45) is 0.929. The maximum Gasteiger partial charge on any atom is 0.166 e. The highest BCUT2D eigenvalue weighted by Gasteiger charge is 2.42. The van der Waals surface area contributed by atoms with Crippen molar-refractivity contribution in [3.63, 3.8) is 0 Å². The number of ether oxygens (including phenoxy) is 2. The first-order chi connectivity index (χ1) is 15.2. The van der Waals surface area contributed by atoms with Crippen molar-refractivity contribution in [2.45, 2.75) is 37.9 Å². The molecule has 4 nitrogen and oxygen atoms in total. The first kappa shape index (κ1) is 22.6. The molecular formula is C24H25F4NO3. The predicted octanol–water partition coefficient (Wildman–Crippen LogP) is 4.87. The molecule has 1 saturated heterocycles. The van der Waals surface area contributed by atoms with Gasteiger partial charge in [0, 0.05) is 42.7 Å². The van der Waals surface area contributed by atoms with Gasteiger partial charge in [-0.1, -0.05) is 0 Å². The van der Waals surface area contributed by atoms with Crippen LogP contribution in [0.25, 0.3) is 0 Å². The van der Waals surface area contributed by atoms with Crippen molar-refractivity contribution < 1.29 is 31.8 Å². The monoisotopic (exact) mass is 451 g/mol. The molecule has 0 spiro atoms. The SMILES string of the molecule is COc1cc2c(cc1OC)C(=O)C(CC1(F)CCN(Cc3cc(F)c(F)cc3F)CC1)C2. The fraction of sp³-hybridized carbons (Fsp3) is 0.458. The Morgan fingerprint density at radius 2 is 1.59 bits per heavy atom. The van der Waals surface area contributed by atoms with E-state index in [0.717, 1.165) is 11.6 Å². The maximum atomic E-state index is 15.6. The number of alkyl halides is 1. The number of piperidine rings is 1. The van der Waals surface area contributed by atoms with Crippen LogP contribution in [0.1, 0.15) is 40.7 Å². The van der Waals surface area contributed by atoms with E-state index < -0.39 is 29.0 Å². The van der Waals surface area contributed by atoms with E-state index in [0.29, 0.717) is 42.6 Å². The molecule has 172 valence electrons. The van der Waals surface area contributed by atoms with Crippen LogP contribution < -0.4 is 9.47 Å². The fourth-order valence-corrected chi connectivity index (χ4v) is 4.75. The van der Waals surface area contributed by atoms with Gasteiger partial charge in [0.05, 0.1) is 14.2 Å². The second kappa shape index (κ2) is 8.73. The van der Waals surface area contributed by atoms with Crippen molar-refractivity contribution in [2.24, 2.45) is 5.92 Å². The van der Waals surface area contributed by atoms with Gasteiger partial charge in [0.15, 0.2) is 28.9 Å². The molecule has 2 aromatic rings. The number of likely N-dealkylation sites (tertiary alicyclic amines) is 1. The van der Waals surface area contributed by atoms with Crippen molar-refractivity contribution in [1.82, 2.24) is 4.90 Å². The zero-order valence-electron chi connectivity index (χ0n) is 18.0. The molecule has 0 N–H and O–H groups in total. The molecule has 0 aromatic heterocycles. The van der Waals surface area contributed by atoms with Gasteiger partial charge < -0.3 is 9.47 Å². The number of ketones is 1. The zero-order chi connectivity index (χ0) is 23.0. The molecule has 8 heteroatoms. The first-order valence-electron chi connectivity index (χ1n) is 10.6. The summed E-state index contributed by atoms with van der Waals surface area (Å²) in [5.74, 6) is -2.70. The Morgan fingerprint density at radius 3 is 2.25 bits per heavy atom. The third-order valence-electron chi connectivity index (χ3n) is 6.56. The highest BCUT2D eigenvalue weighted by molar-refractivity contribution is 6.03. The zero-order valence-corrected chi connectivity index (χ0v) is 18.0. The van der Waals surface area contributed by atoms with E-state index in [1.807, 2.05) is 4.90 Å². The number of benzene rings is 2. The van der Waals surface area contributed by atoms with Crippen LogP contribution in [0, 0.1) is 23.4 Å². The summed E-state index contributed by atoms with van der Waals surface area (Å²) >= 11 is 0. The van der Waals surface area contributed by atoms with Gasteiger partial charge in [-0.25, -0.2) is 17.6 Å². The molecule has 1 heterocycles. The minimum atomic E-state index is -1.51. The van der Waals surface area contributed by atoms with Crippen molar-refractivity contribution in [2.75, 3.05) is 27.3 Å². The molecular weight excluding hydrogens is 426 g/mol. The second-order valence-corrected chi connectivity index (χ2v) is 8.62.